The molecule has 1 aliphatic rings. The molecule has 1 aromatic heterocycles. The first kappa shape index (κ1) is 9.60. The summed E-state index contributed by atoms with van der Waals surface area (Å²) in [4.78, 5) is 12.1. The number of rotatable bonds is 1. The molecule has 0 radical (unpaired) electrons. The van der Waals surface area contributed by atoms with Crippen molar-refractivity contribution in [1.29, 1.82) is 0 Å². The van der Waals surface area contributed by atoms with E-state index in [4.69, 9.17) is 0 Å². The topological polar surface area (TPSA) is 42.2 Å². The van der Waals surface area contributed by atoms with E-state index in [-0.39, 0.29) is 18.2 Å². The van der Waals surface area contributed by atoms with E-state index in [1.165, 1.54) is 5.56 Å². The van der Waals surface area contributed by atoms with E-state index in [1.807, 2.05) is 23.6 Å². The van der Waals surface area contributed by atoms with Gasteiger partial charge in [-0.3, -0.25) is 4.79 Å². The fourth-order valence-corrected chi connectivity index (χ4v) is 2.64. The number of nitrogens with zero attached hydrogens (tertiary/aromatic N) is 1. The molecule has 0 saturated heterocycles. The maximum absolute atomic E-state index is 12.1. The molecule has 0 fully saturated rings. The van der Waals surface area contributed by atoms with Gasteiger partial charge in [-0.15, -0.1) is 0 Å². The Morgan fingerprint density at radius 1 is 1.50 bits per heavy atom. The Bertz CT molecular complexity index is 628. The second-order valence-electron chi connectivity index (χ2n) is 4.41. The van der Waals surface area contributed by atoms with Gasteiger partial charge >= 0.3 is 0 Å². The minimum absolute atomic E-state index is 0.0487. The summed E-state index contributed by atoms with van der Waals surface area (Å²) >= 11 is 0. The van der Waals surface area contributed by atoms with Crippen LogP contribution in [0.3, 0.4) is 0 Å². The van der Waals surface area contributed by atoms with Crippen molar-refractivity contribution < 1.29 is 5.11 Å². The Kier molecular flexibility index (Phi) is 1.91. The summed E-state index contributed by atoms with van der Waals surface area (Å²) in [5, 5.41) is 10.2. The Labute approximate surface area is 93.0 Å². The Morgan fingerprint density at radius 2 is 2.31 bits per heavy atom. The van der Waals surface area contributed by atoms with Crippen LogP contribution in [0.25, 0.3) is 10.9 Å². The minimum atomic E-state index is -0.189. The molecule has 0 bridgehead atoms. The zero-order chi connectivity index (χ0) is 11.3. The molecular weight excluding hydrogens is 202 g/mol. The quantitative estimate of drug-likeness (QED) is 0.785. The van der Waals surface area contributed by atoms with Gasteiger partial charge in [0, 0.05) is 11.6 Å². The van der Waals surface area contributed by atoms with Gasteiger partial charge in [0.15, 0.2) is 0 Å². The molecule has 3 nitrogen and oxygen atoms in total. The molecule has 0 spiro atoms. The van der Waals surface area contributed by atoms with Crippen molar-refractivity contribution >= 4 is 10.9 Å². The number of para-hydroxylation sites is 1. The molecule has 3 rings (SSSR count). The van der Waals surface area contributed by atoms with Crippen molar-refractivity contribution in [2.45, 2.75) is 26.0 Å². The molecule has 0 amide bonds. The summed E-state index contributed by atoms with van der Waals surface area (Å²) in [6.07, 6.45) is 0.904. The van der Waals surface area contributed by atoms with Gasteiger partial charge in [-0.2, -0.15) is 0 Å². The molecule has 1 aliphatic heterocycles. The van der Waals surface area contributed by atoms with E-state index in [1.54, 1.807) is 6.07 Å². The Balaban J connectivity index is 2.52. The van der Waals surface area contributed by atoms with E-state index in [0.717, 1.165) is 17.3 Å². The minimum Gasteiger partial charge on any atom is -0.391 e. The van der Waals surface area contributed by atoms with E-state index in [0.29, 0.717) is 5.56 Å². The van der Waals surface area contributed by atoms with Crippen molar-refractivity contribution in [3.05, 3.63) is 45.7 Å². The monoisotopic (exact) mass is 215 g/mol. The standard InChI is InChI=1S/C13H13NO2/c1-8-5-9-3-2-4-10-6-11(7-15)13(16)14(8)12(9)10/h2-4,6,8,15H,5,7H2,1H3. The lowest BCUT2D eigenvalue weighted by molar-refractivity contribution is 0.279. The predicted octanol–water partition coefficient (Wildman–Crippen LogP) is 1.61. The van der Waals surface area contributed by atoms with Crippen molar-refractivity contribution in [3.63, 3.8) is 0 Å². The van der Waals surface area contributed by atoms with Gasteiger partial charge in [0.2, 0.25) is 0 Å². The fraction of sp³-hybridized carbons (Fsp3) is 0.308. The summed E-state index contributed by atoms with van der Waals surface area (Å²) in [5.74, 6) is 0. The van der Waals surface area contributed by atoms with E-state index in [9.17, 15) is 9.90 Å². The SMILES string of the molecule is CC1Cc2cccc3cc(CO)c(=O)n1c23. The molecular formula is C13H13NO2. The van der Waals surface area contributed by atoms with Crippen LogP contribution < -0.4 is 5.56 Å². The van der Waals surface area contributed by atoms with Gasteiger partial charge in [0.1, 0.15) is 0 Å². The lowest BCUT2D eigenvalue weighted by atomic mass is 10.1. The van der Waals surface area contributed by atoms with Crippen LogP contribution in [0, 0.1) is 0 Å². The number of aromatic nitrogens is 1. The highest BCUT2D eigenvalue weighted by atomic mass is 16.3. The zero-order valence-electron chi connectivity index (χ0n) is 9.10. The molecule has 0 aliphatic carbocycles. The van der Waals surface area contributed by atoms with Crippen molar-refractivity contribution in [2.75, 3.05) is 0 Å². The number of hydrogen-bond acceptors (Lipinski definition) is 2. The molecule has 1 aromatic carbocycles. The third-order valence-electron chi connectivity index (χ3n) is 3.34. The van der Waals surface area contributed by atoms with Gasteiger partial charge in [-0.1, -0.05) is 18.2 Å². The molecule has 3 heteroatoms. The number of benzene rings is 1. The molecule has 0 saturated carbocycles. The van der Waals surface area contributed by atoms with Crippen LogP contribution >= 0.6 is 0 Å². The number of hydrogen-bond donors (Lipinski definition) is 1. The molecule has 1 unspecified atom stereocenters. The summed E-state index contributed by atoms with van der Waals surface area (Å²) in [6, 6.07) is 8.06. The van der Waals surface area contributed by atoms with E-state index in [2.05, 4.69) is 6.07 Å². The smallest absolute Gasteiger partial charge is 0.256 e. The Hall–Kier alpha value is -1.61. The summed E-state index contributed by atoms with van der Waals surface area (Å²) in [5.41, 5.74) is 2.70. The maximum atomic E-state index is 12.1. The van der Waals surface area contributed by atoms with E-state index < -0.39 is 0 Å². The van der Waals surface area contributed by atoms with Crippen LogP contribution in [-0.4, -0.2) is 9.67 Å². The van der Waals surface area contributed by atoms with Crippen LogP contribution in [0.4, 0.5) is 0 Å². The summed E-state index contributed by atoms with van der Waals surface area (Å²) in [6.45, 7) is 1.85. The molecule has 1 atom stereocenters. The van der Waals surface area contributed by atoms with Gasteiger partial charge < -0.3 is 9.67 Å². The largest absolute Gasteiger partial charge is 0.391 e. The normalized spacial score (nSPS) is 18.2. The molecule has 2 heterocycles. The third kappa shape index (κ3) is 1.09. The Morgan fingerprint density at radius 3 is 3.06 bits per heavy atom. The summed E-state index contributed by atoms with van der Waals surface area (Å²) in [7, 11) is 0. The van der Waals surface area contributed by atoms with Gasteiger partial charge in [-0.25, -0.2) is 0 Å². The highest BCUT2D eigenvalue weighted by Crippen LogP contribution is 2.30. The van der Waals surface area contributed by atoms with Crippen molar-refractivity contribution in [3.8, 4) is 0 Å². The average molecular weight is 215 g/mol. The lowest BCUT2D eigenvalue weighted by Crippen LogP contribution is -2.24. The predicted molar refractivity (Wildman–Crippen MR) is 62.5 cm³/mol. The van der Waals surface area contributed by atoms with Crippen LogP contribution in [0.1, 0.15) is 24.1 Å². The second kappa shape index (κ2) is 3.19. The average Bonchev–Trinajstić information content (AvgIpc) is 2.61. The number of aliphatic hydroxyl groups excluding tert-OH is 1. The fourth-order valence-electron chi connectivity index (χ4n) is 2.64. The van der Waals surface area contributed by atoms with Gasteiger partial charge in [0.25, 0.3) is 5.56 Å². The first-order valence-corrected chi connectivity index (χ1v) is 5.49. The number of aliphatic hydroxyl groups is 1. The van der Waals surface area contributed by atoms with Crippen LogP contribution in [0.5, 0.6) is 0 Å². The van der Waals surface area contributed by atoms with Crippen LogP contribution in [-0.2, 0) is 13.0 Å². The summed E-state index contributed by atoms with van der Waals surface area (Å²) < 4.78 is 1.82. The third-order valence-corrected chi connectivity index (χ3v) is 3.34. The highest BCUT2D eigenvalue weighted by molar-refractivity contribution is 5.84. The first-order valence-electron chi connectivity index (χ1n) is 5.49. The second-order valence-corrected chi connectivity index (χ2v) is 4.41. The first-order chi connectivity index (χ1) is 7.72. The molecule has 2 aromatic rings. The molecule has 82 valence electrons. The van der Waals surface area contributed by atoms with Crippen molar-refractivity contribution in [1.82, 2.24) is 4.57 Å². The van der Waals surface area contributed by atoms with E-state index >= 15 is 0 Å². The molecule has 1 N–H and O–H groups in total. The zero-order valence-corrected chi connectivity index (χ0v) is 9.10. The number of pyridine rings is 1. The highest BCUT2D eigenvalue weighted by Gasteiger charge is 2.22. The maximum Gasteiger partial charge on any atom is 0.256 e. The van der Waals surface area contributed by atoms with Gasteiger partial charge in [0.05, 0.1) is 12.1 Å². The van der Waals surface area contributed by atoms with Crippen LogP contribution in [0.2, 0.25) is 0 Å². The van der Waals surface area contributed by atoms with Gasteiger partial charge in [-0.05, 0) is 30.4 Å². The molecule has 16 heavy (non-hydrogen) atoms. The van der Waals surface area contributed by atoms with Crippen molar-refractivity contribution in [2.24, 2.45) is 0 Å². The van der Waals surface area contributed by atoms with Crippen LogP contribution in [0.15, 0.2) is 29.1 Å². The lowest BCUT2D eigenvalue weighted by Gasteiger charge is -2.10.